The minimum Gasteiger partial charge on any atom is -0.490 e. The molecule has 1 aliphatic rings. The van der Waals surface area contributed by atoms with Gasteiger partial charge in [-0.15, -0.1) is 0 Å². The first-order valence-corrected chi connectivity index (χ1v) is 9.81. The molecule has 1 atom stereocenters. The molecule has 1 aliphatic heterocycles. The molecule has 0 aromatic heterocycles. The van der Waals surface area contributed by atoms with Crippen molar-refractivity contribution in [3.8, 4) is 0 Å². The Labute approximate surface area is 143 Å². The maximum atomic E-state index is 12.9. The summed E-state index contributed by atoms with van der Waals surface area (Å²) in [6, 6.07) is 8.35. The Kier molecular flexibility index (Phi) is 6.43. The van der Waals surface area contributed by atoms with Crippen molar-refractivity contribution in [3.63, 3.8) is 0 Å². The van der Waals surface area contributed by atoms with Crippen molar-refractivity contribution >= 4 is 15.8 Å². The Morgan fingerprint density at radius 1 is 1.21 bits per heavy atom. The van der Waals surface area contributed by atoms with Crippen LogP contribution in [0.3, 0.4) is 0 Å². The number of esters is 1. The van der Waals surface area contributed by atoms with Crippen LogP contribution in [-0.4, -0.2) is 27.1 Å². The van der Waals surface area contributed by atoms with Gasteiger partial charge in [-0.3, -0.25) is 4.79 Å². The molecule has 0 unspecified atom stereocenters. The number of carbonyl (C=O) groups excluding carboxylic acids is 1. The smallest absolute Gasteiger partial charge is 0.305 e. The summed E-state index contributed by atoms with van der Waals surface area (Å²) in [6.07, 6.45) is 2.23. The highest BCUT2D eigenvalue weighted by molar-refractivity contribution is 7.95. The number of allylic oxidation sites excluding steroid dienone is 1. The highest BCUT2D eigenvalue weighted by Crippen LogP contribution is 2.35. The van der Waals surface area contributed by atoms with E-state index in [4.69, 9.17) is 9.47 Å². The molecule has 0 radical (unpaired) electrons. The number of hydrogen-bond acceptors (Lipinski definition) is 5. The van der Waals surface area contributed by atoms with Crippen molar-refractivity contribution in [2.45, 2.75) is 57.0 Å². The maximum Gasteiger partial charge on any atom is 0.305 e. The molecule has 24 heavy (non-hydrogen) atoms. The normalized spacial score (nSPS) is 17.7. The molecule has 0 fully saturated rings. The molecule has 1 heterocycles. The third kappa shape index (κ3) is 4.38. The average Bonchev–Trinajstić information content (AvgIpc) is 2.98. The summed E-state index contributed by atoms with van der Waals surface area (Å²) >= 11 is 0. The summed E-state index contributed by atoms with van der Waals surface area (Å²) in [6.45, 7) is 3.95. The summed E-state index contributed by atoms with van der Waals surface area (Å²) < 4.78 is 36.7. The highest BCUT2D eigenvalue weighted by Gasteiger charge is 2.35. The summed E-state index contributed by atoms with van der Waals surface area (Å²) in [5, 5.41) is 0. The van der Waals surface area contributed by atoms with Gasteiger partial charge in [-0.05, 0) is 25.0 Å². The lowest BCUT2D eigenvalue weighted by atomic mass is 10.2. The lowest BCUT2D eigenvalue weighted by Gasteiger charge is -2.12. The number of sulfone groups is 1. The van der Waals surface area contributed by atoms with Gasteiger partial charge in [0.1, 0.15) is 18.5 Å². The molecule has 0 N–H and O–H groups in total. The van der Waals surface area contributed by atoms with Crippen molar-refractivity contribution in [1.29, 1.82) is 0 Å². The van der Waals surface area contributed by atoms with E-state index in [1.165, 1.54) is 0 Å². The number of rotatable bonds is 8. The third-order valence-electron chi connectivity index (χ3n) is 3.77. The monoisotopic (exact) mass is 352 g/mol. The molecule has 0 saturated carbocycles. The summed E-state index contributed by atoms with van der Waals surface area (Å²) in [7, 11) is -3.58. The molecule has 0 aliphatic carbocycles. The first-order chi connectivity index (χ1) is 11.5. The van der Waals surface area contributed by atoms with Gasteiger partial charge < -0.3 is 9.47 Å². The van der Waals surface area contributed by atoms with E-state index < -0.39 is 15.9 Å². The van der Waals surface area contributed by atoms with Gasteiger partial charge in [-0.1, -0.05) is 32.0 Å². The predicted octanol–water partition coefficient (Wildman–Crippen LogP) is 3.60. The molecule has 0 spiro atoms. The molecule has 0 bridgehead atoms. The predicted molar refractivity (Wildman–Crippen MR) is 90.9 cm³/mol. The van der Waals surface area contributed by atoms with Crippen LogP contribution in [0.15, 0.2) is 45.9 Å². The van der Waals surface area contributed by atoms with Crippen molar-refractivity contribution in [2.75, 3.05) is 6.61 Å². The first-order valence-electron chi connectivity index (χ1n) is 8.33. The molecule has 1 aromatic carbocycles. The number of hydrogen-bond donors (Lipinski definition) is 0. The van der Waals surface area contributed by atoms with Gasteiger partial charge in [0.2, 0.25) is 9.84 Å². The Balaban J connectivity index is 2.14. The maximum absolute atomic E-state index is 12.9. The molecule has 1 aromatic rings. The molecule has 0 amide bonds. The topological polar surface area (TPSA) is 69.7 Å². The second-order valence-electron chi connectivity index (χ2n) is 5.79. The Morgan fingerprint density at radius 3 is 2.54 bits per heavy atom. The summed E-state index contributed by atoms with van der Waals surface area (Å²) in [5.74, 6) is 0.218. The Bertz CT molecular complexity index is 691. The van der Waals surface area contributed by atoms with Gasteiger partial charge in [0.25, 0.3) is 0 Å². The summed E-state index contributed by atoms with van der Waals surface area (Å²) in [5.41, 5.74) is 0. The number of ether oxygens (including phenoxy) is 2. The molecular formula is C18H24O5S. The second-order valence-corrected chi connectivity index (χ2v) is 7.76. The van der Waals surface area contributed by atoms with E-state index in [9.17, 15) is 13.2 Å². The van der Waals surface area contributed by atoms with E-state index >= 15 is 0 Å². The van der Waals surface area contributed by atoms with Crippen LogP contribution in [0.4, 0.5) is 0 Å². The Hall–Kier alpha value is -1.82. The lowest BCUT2D eigenvalue weighted by molar-refractivity contribution is -0.146. The standard InChI is InChI=1S/C18H24O5S/c1-3-8-16-17(24(20,21)15-10-6-5-7-11-15)12-14(23-16)13-22-18(19)9-4-2/h5-7,10-11,14H,3-4,8-9,12-13H2,1-2H3/t14-/m1/s1. The van der Waals surface area contributed by atoms with Crippen LogP contribution in [0.5, 0.6) is 0 Å². The highest BCUT2D eigenvalue weighted by atomic mass is 32.2. The number of carbonyl (C=O) groups is 1. The van der Waals surface area contributed by atoms with E-state index in [1.807, 2.05) is 13.8 Å². The van der Waals surface area contributed by atoms with Crippen LogP contribution in [0.1, 0.15) is 46.0 Å². The van der Waals surface area contributed by atoms with Crippen molar-refractivity contribution in [3.05, 3.63) is 41.0 Å². The fourth-order valence-corrected chi connectivity index (χ4v) is 4.27. The SMILES string of the molecule is CCCC(=O)OC[C@H]1CC(S(=O)(=O)c2ccccc2)=C(CCC)O1. The Morgan fingerprint density at radius 2 is 1.92 bits per heavy atom. The van der Waals surface area contributed by atoms with Crippen LogP contribution in [0.25, 0.3) is 0 Å². The first kappa shape index (κ1) is 18.5. The quantitative estimate of drug-likeness (QED) is 0.669. The largest absolute Gasteiger partial charge is 0.490 e. The molecule has 2 rings (SSSR count). The minimum atomic E-state index is -3.58. The fraction of sp³-hybridized carbons (Fsp3) is 0.500. The zero-order valence-electron chi connectivity index (χ0n) is 14.2. The van der Waals surface area contributed by atoms with Crippen LogP contribution in [-0.2, 0) is 24.1 Å². The molecule has 5 nitrogen and oxygen atoms in total. The van der Waals surface area contributed by atoms with Crippen molar-refractivity contribution in [2.24, 2.45) is 0 Å². The van der Waals surface area contributed by atoms with Gasteiger partial charge in [-0.2, -0.15) is 0 Å². The van der Waals surface area contributed by atoms with Crippen LogP contribution in [0, 0.1) is 0 Å². The van der Waals surface area contributed by atoms with E-state index in [-0.39, 0.29) is 23.9 Å². The molecule has 0 saturated heterocycles. The second kappa shape index (κ2) is 8.33. The zero-order chi connectivity index (χ0) is 17.6. The van der Waals surface area contributed by atoms with Crippen LogP contribution in [0.2, 0.25) is 0 Å². The third-order valence-corrected chi connectivity index (χ3v) is 5.71. The molecular weight excluding hydrogens is 328 g/mol. The van der Waals surface area contributed by atoms with Gasteiger partial charge in [0, 0.05) is 19.3 Å². The van der Waals surface area contributed by atoms with E-state index in [2.05, 4.69) is 0 Å². The number of benzene rings is 1. The molecule has 6 heteroatoms. The minimum absolute atomic E-state index is 0.0832. The van der Waals surface area contributed by atoms with E-state index in [0.29, 0.717) is 23.5 Å². The zero-order valence-corrected chi connectivity index (χ0v) is 15.0. The van der Waals surface area contributed by atoms with Gasteiger partial charge in [0.15, 0.2) is 0 Å². The lowest BCUT2D eigenvalue weighted by Crippen LogP contribution is -2.19. The van der Waals surface area contributed by atoms with Crippen LogP contribution < -0.4 is 0 Å². The molecule has 132 valence electrons. The van der Waals surface area contributed by atoms with Gasteiger partial charge in [-0.25, -0.2) is 8.42 Å². The van der Waals surface area contributed by atoms with Crippen molar-refractivity contribution < 1.29 is 22.7 Å². The van der Waals surface area contributed by atoms with Gasteiger partial charge >= 0.3 is 5.97 Å². The van der Waals surface area contributed by atoms with Gasteiger partial charge in [0.05, 0.1) is 9.80 Å². The average molecular weight is 352 g/mol. The summed E-state index contributed by atoms with van der Waals surface area (Å²) in [4.78, 5) is 12.1. The van der Waals surface area contributed by atoms with E-state index in [0.717, 1.165) is 12.8 Å². The fourth-order valence-electron chi connectivity index (χ4n) is 2.61. The van der Waals surface area contributed by atoms with E-state index in [1.54, 1.807) is 30.3 Å². The van der Waals surface area contributed by atoms with Crippen LogP contribution >= 0.6 is 0 Å². The van der Waals surface area contributed by atoms with Crippen molar-refractivity contribution in [1.82, 2.24) is 0 Å².